The van der Waals surface area contributed by atoms with Crippen LogP contribution in [0.1, 0.15) is 26.2 Å². The minimum Gasteiger partial charge on any atom is -0.377 e. The Bertz CT molecular complexity index is 185. The van der Waals surface area contributed by atoms with Crippen LogP contribution in [0.4, 0.5) is 0 Å². The van der Waals surface area contributed by atoms with E-state index >= 15 is 0 Å². The van der Waals surface area contributed by atoms with Crippen molar-refractivity contribution in [3.05, 3.63) is 5.70 Å². The molecule has 0 aliphatic carbocycles. The molecular formula is C9H16N2O. The van der Waals surface area contributed by atoms with Gasteiger partial charge in [0, 0.05) is 13.1 Å². The molecule has 0 radical (unpaired) electrons. The van der Waals surface area contributed by atoms with E-state index in [9.17, 15) is 4.79 Å². The van der Waals surface area contributed by atoms with Crippen LogP contribution >= 0.6 is 0 Å². The van der Waals surface area contributed by atoms with Gasteiger partial charge in [0.25, 0.3) is 0 Å². The van der Waals surface area contributed by atoms with Crippen LogP contribution in [0.5, 0.6) is 0 Å². The molecule has 1 aliphatic rings. The molecular weight excluding hydrogens is 152 g/mol. The number of unbranched alkanes of at least 4 members (excludes halogenated alkanes) is 1. The van der Waals surface area contributed by atoms with Gasteiger partial charge in [0.15, 0.2) is 0 Å². The maximum Gasteiger partial charge on any atom is 0.147 e. The van der Waals surface area contributed by atoms with Crippen molar-refractivity contribution in [1.29, 1.82) is 0 Å². The summed E-state index contributed by atoms with van der Waals surface area (Å²) in [6.45, 7) is 3.94. The summed E-state index contributed by atoms with van der Waals surface area (Å²) in [6.07, 6.45) is 3.36. The molecule has 0 aromatic rings. The lowest BCUT2D eigenvalue weighted by Gasteiger charge is -2.25. The van der Waals surface area contributed by atoms with Crippen LogP contribution in [0.3, 0.4) is 0 Å². The summed E-state index contributed by atoms with van der Waals surface area (Å²) in [5.74, 6) is 1.96. The zero-order valence-electron chi connectivity index (χ0n) is 7.52. The smallest absolute Gasteiger partial charge is 0.147 e. The van der Waals surface area contributed by atoms with E-state index in [1.165, 1.54) is 6.42 Å². The summed E-state index contributed by atoms with van der Waals surface area (Å²) >= 11 is 0. The molecule has 0 saturated carbocycles. The van der Waals surface area contributed by atoms with Crippen LogP contribution in [0.2, 0.25) is 0 Å². The molecule has 0 amide bonds. The number of hydrogen-bond acceptors (Lipinski definition) is 3. The lowest BCUT2D eigenvalue weighted by molar-refractivity contribution is 0.445. The molecule has 3 nitrogen and oxygen atoms in total. The molecule has 1 aliphatic heterocycles. The third-order valence-corrected chi connectivity index (χ3v) is 2.14. The van der Waals surface area contributed by atoms with Crippen LogP contribution in [0.15, 0.2) is 5.70 Å². The van der Waals surface area contributed by atoms with Gasteiger partial charge >= 0.3 is 0 Å². The highest BCUT2D eigenvalue weighted by Gasteiger charge is 2.17. The Morgan fingerprint density at radius 1 is 1.58 bits per heavy atom. The van der Waals surface area contributed by atoms with Crippen LogP contribution < -0.4 is 10.6 Å². The zero-order chi connectivity index (χ0) is 8.81. The fourth-order valence-electron chi connectivity index (χ4n) is 1.43. The summed E-state index contributed by atoms with van der Waals surface area (Å²) in [6, 6.07) is 0.219. The van der Waals surface area contributed by atoms with E-state index in [1.807, 2.05) is 5.94 Å². The Kier molecular flexibility index (Phi) is 3.85. The molecule has 1 heterocycles. The van der Waals surface area contributed by atoms with E-state index in [0.29, 0.717) is 5.70 Å². The highest BCUT2D eigenvalue weighted by molar-refractivity contribution is 5.54. The largest absolute Gasteiger partial charge is 0.377 e. The van der Waals surface area contributed by atoms with Crippen molar-refractivity contribution in [2.45, 2.75) is 32.2 Å². The van der Waals surface area contributed by atoms with Gasteiger partial charge in [-0.05, 0) is 6.42 Å². The van der Waals surface area contributed by atoms with Crippen molar-refractivity contribution in [3.63, 3.8) is 0 Å². The maximum absolute atomic E-state index is 10.5. The van der Waals surface area contributed by atoms with Crippen molar-refractivity contribution in [2.24, 2.45) is 0 Å². The highest BCUT2D eigenvalue weighted by Crippen LogP contribution is 2.07. The van der Waals surface area contributed by atoms with Gasteiger partial charge in [-0.3, -0.25) is 0 Å². The molecule has 0 spiro atoms. The van der Waals surface area contributed by atoms with Crippen molar-refractivity contribution in [1.82, 2.24) is 10.6 Å². The molecule has 1 saturated heterocycles. The maximum atomic E-state index is 10.5. The predicted octanol–water partition coefficient (Wildman–Crippen LogP) is 0.454. The fourth-order valence-corrected chi connectivity index (χ4v) is 1.43. The lowest BCUT2D eigenvalue weighted by atomic mass is 10.1. The zero-order valence-corrected chi connectivity index (χ0v) is 7.52. The van der Waals surface area contributed by atoms with Crippen molar-refractivity contribution in [3.8, 4) is 0 Å². The lowest BCUT2D eigenvalue weighted by Crippen LogP contribution is -2.46. The summed E-state index contributed by atoms with van der Waals surface area (Å²) < 4.78 is 0. The van der Waals surface area contributed by atoms with E-state index in [0.717, 1.165) is 25.9 Å². The minimum absolute atomic E-state index is 0.219. The normalized spacial score (nSPS) is 23.1. The van der Waals surface area contributed by atoms with Crippen LogP contribution in [-0.4, -0.2) is 25.1 Å². The molecule has 0 aromatic heterocycles. The molecule has 12 heavy (non-hydrogen) atoms. The third kappa shape index (κ3) is 2.36. The van der Waals surface area contributed by atoms with Gasteiger partial charge in [0.2, 0.25) is 0 Å². The molecule has 1 unspecified atom stereocenters. The molecule has 0 bridgehead atoms. The molecule has 1 atom stereocenters. The van der Waals surface area contributed by atoms with Crippen molar-refractivity contribution < 1.29 is 4.79 Å². The number of piperazine rings is 1. The quantitative estimate of drug-likeness (QED) is 0.601. The van der Waals surface area contributed by atoms with Crippen molar-refractivity contribution in [2.75, 3.05) is 13.1 Å². The molecule has 1 rings (SSSR count). The molecule has 3 heteroatoms. The van der Waals surface area contributed by atoms with Crippen molar-refractivity contribution >= 4 is 5.94 Å². The Hall–Kier alpha value is -0.790. The summed E-state index contributed by atoms with van der Waals surface area (Å²) in [7, 11) is 0. The van der Waals surface area contributed by atoms with Gasteiger partial charge in [0.1, 0.15) is 11.6 Å². The Morgan fingerprint density at radius 3 is 3.08 bits per heavy atom. The van der Waals surface area contributed by atoms with Crippen LogP contribution in [-0.2, 0) is 4.79 Å². The number of carbonyl (C=O) groups excluding carboxylic acids is 1. The highest BCUT2D eigenvalue weighted by atomic mass is 16.1. The first-order valence-corrected chi connectivity index (χ1v) is 4.60. The van der Waals surface area contributed by atoms with E-state index in [2.05, 4.69) is 17.6 Å². The van der Waals surface area contributed by atoms with E-state index in [4.69, 9.17) is 0 Å². The molecule has 2 N–H and O–H groups in total. The first-order valence-electron chi connectivity index (χ1n) is 4.60. The van der Waals surface area contributed by atoms with Gasteiger partial charge in [-0.1, -0.05) is 19.8 Å². The van der Waals surface area contributed by atoms with Gasteiger partial charge in [-0.15, -0.1) is 0 Å². The Balaban J connectivity index is 2.42. The number of nitrogens with one attached hydrogen (secondary N) is 2. The third-order valence-electron chi connectivity index (χ3n) is 2.14. The van der Waals surface area contributed by atoms with Gasteiger partial charge < -0.3 is 10.6 Å². The minimum atomic E-state index is 0.219. The Morgan fingerprint density at radius 2 is 2.42 bits per heavy atom. The molecule has 1 fully saturated rings. The number of rotatable bonds is 3. The fraction of sp³-hybridized carbons (Fsp3) is 0.778. The number of hydrogen-bond donors (Lipinski definition) is 2. The monoisotopic (exact) mass is 168 g/mol. The molecule has 0 aromatic carbocycles. The standard InChI is InChI=1S/C9H16N2O/c1-2-3-4-8-9(7-12)11-6-5-10-8/h8,10-11H,2-6H2,1H3. The van der Waals surface area contributed by atoms with Gasteiger partial charge in [0.05, 0.1) is 6.04 Å². The van der Waals surface area contributed by atoms with Gasteiger partial charge in [-0.25, -0.2) is 4.79 Å². The molecule has 68 valence electrons. The SMILES string of the molecule is CCCCC1NCCNC1=C=O. The Labute approximate surface area is 73.2 Å². The van der Waals surface area contributed by atoms with E-state index in [1.54, 1.807) is 0 Å². The second-order valence-electron chi connectivity index (χ2n) is 3.09. The summed E-state index contributed by atoms with van der Waals surface area (Å²) in [4.78, 5) is 10.5. The predicted molar refractivity (Wildman–Crippen MR) is 48.5 cm³/mol. The summed E-state index contributed by atoms with van der Waals surface area (Å²) in [5, 5.41) is 6.35. The van der Waals surface area contributed by atoms with Crippen LogP contribution in [0.25, 0.3) is 0 Å². The second-order valence-corrected chi connectivity index (χ2v) is 3.09. The van der Waals surface area contributed by atoms with Gasteiger partial charge in [-0.2, -0.15) is 0 Å². The average molecular weight is 168 g/mol. The van der Waals surface area contributed by atoms with E-state index in [-0.39, 0.29) is 6.04 Å². The topological polar surface area (TPSA) is 41.1 Å². The summed E-state index contributed by atoms with van der Waals surface area (Å²) in [5.41, 5.74) is 0.703. The second kappa shape index (κ2) is 4.96. The van der Waals surface area contributed by atoms with E-state index < -0.39 is 0 Å². The average Bonchev–Trinajstić information content (AvgIpc) is 2.15. The van der Waals surface area contributed by atoms with Crippen LogP contribution in [0, 0.1) is 0 Å². The first-order chi connectivity index (χ1) is 5.88. The first kappa shape index (κ1) is 9.30.